The lowest BCUT2D eigenvalue weighted by molar-refractivity contribution is 0.560. The van der Waals surface area contributed by atoms with Crippen LogP contribution in [-0.2, 0) is 16.4 Å². The Morgan fingerprint density at radius 1 is 1.03 bits per heavy atom. The van der Waals surface area contributed by atoms with Crippen LogP contribution >= 0.6 is 0 Å². The minimum atomic E-state index is -3.84. The zero-order valence-corrected chi connectivity index (χ0v) is 18.4. The molecule has 3 aromatic rings. The molecule has 0 radical (unpaired) electrons. The summed E-state index contributed by atoms with van der Waals surface area (Å²) in [5, 5.41) is 0. The van der Waals surface area contributed by atoms with Gasteiger partial charge in [0.05, 0.1) is 10.9 Å². The quantitative estimate of drug-likeness (QED) is 0.605. The second-order valence-electron chi connectivity index (χ2n) is 7.88. The van der Waals surface area contributed by atoms with Crippen LogP contribution in [0.15, 0.2) is 77.7 Å². The van der Waals surface area contributed by atoms with Crippen molar-refractivity contribution in [3.63, 3.8) is 0 Å². The lowest BCUT2D eigenvalue weighted by atomic mass is 10.0. The van der Waals surface area contributed by atoms with Crippen LogP contribution in [0.5, 0.6) is 0 Å². The highest BCUT2D eigenvalue weighted by molar-refractivity contribution is 7.89. The van der Waals surface area contributed by atoms with Gasteiger partial charge in [-0.3, -0.25) is 0 Å². The van der Waals surface area contributed by atoms with E-state index in [2.05, 4.69) is 21.8 Å². The first kappa shape index (κ1) is 21.3. The van der Waals surface area contributed by atoms with E-state index in [1.165, 1.54) is 23.8 Å². The Labute approximate surface area is 183 Å². The standard InChI is InChI=1S/C24H26FN3O2S/c1-27(2)21-12-10-19(11-13-21)24(28-15-14-18-6-3-4-9-23(18)28)17-26-31(29,30)22-8-5-7-20(25)16-22/h3-13,16,24,26H,14-15,17H2,1-2H3. The van der Waals surface area contributed by atoms with E-state index in [1.54, 1.807) is 0 Å². The highest BCUT2D eigenvalue weighted by Crippen LogP contribution is 2.35. The van der Waals surface area contributed by atoms with Crippen LogP contribution in [0.2, 0.25) is 0 Å². The largest absolute Gasteiger partial charge is 0.378 e. The first-order valence-corrected chi connectivity index (χ1v) is 11.7. The van der Waals surface area contributed by atoms with Crippen LogP contribution in [0.25, 0.3) is 0 Å². The van der Waals surface area contributed by atoms with Gasteiger partial charge in [0.25, 0.3) is 0 Å². The summed E-state index contributed by atoms with van der Waals surface area (Å²) in [5.74, 6) is -0.577. The lowest BCUT2D eigenvalue weighted by Gasteiger charge is -2.31. The van der Waals surface area contributed by atoms with Crippen molar-refractivity contribution < 1.29 is 12.8 Å². The number of rotatable bonds is 7. The summed E-state index contributed by atoms with van der Waals surface area (Å²) < 4.78 is 41.9. The summed E-state index contributed by atoms with van der Waals surface area (Å²) in [4.78, 5) is 4.20. The van der Waals surface area contributed by atoms with E-state index in [1.807, 2.05) is 55.4 Å². The molecular weight excluding hydrogens is 413 g/mol. The second kappa shape index (κ2) is 8.69. The third-order valence-corrected chi connectivity index (χ3v) is 7.09. The van der Waals surface area contributed by atoms with Crippen molar-refractivity contribution in [2.75, 3.05) is 37.0 Å². The molecule has 1 unspecified atom stereocenters. The number of nitrogens with zero attached hydrogens (tertiary/aromatic N) is 2. The molecule has 7 heteroatoms. The molecule has 1 aliphatic heterocycles. The second-order valence-corrected chi connectivity index (χ2v) is 9.65. The summed E-state index contributed by atoms with van der Waals surface area (Å²) in [5.41, 5.74) is 4.47. The summed E-state index contributed by atoms with van der Waals surface area (Å²) in [7, 11) is 0.126. The van der Waals surface area contributed by atoms with Gasteiger partial charge in [0.1, 0.15) is 5.82 Å². The maximum Gasteiger partial charge on any atom is 0.240 e. The molecule has 0 saturated carbocycles. The fraction of sp³-hybridized carbons (Fsp3) is 0.250. The third-order valence-electron chi connectivity index (χ3n) is 5.67. The SMILES string of the molecule is CN(C)c1ccc(C(CNS(=O)(=O)c2cccc(F)c2)N2CCc3ccccc32)cc1. The van der Waals surface area contributed by atoms with Crippen LogP contribution in [-0.4, -0.2) is 35.6 Å². The first-order valence-electron chi connectivity index (χ1n) is 10.2. The monoisotopic (exact) mass is 439 g/mol. The highest BCUT2D eigenvalue weighted by atomic mass is 32.2. The van der Waals surface area contributed by atoms with E-state index in [-0.39, 0.29) is 17.5 Å². The molecule has 0 spiro atoms. The van der Waals surface area contributed by atoms with Gasteiger partial charge in [0.2, 0.25) is 10.0 Å². The predicted molar refractivity (Wildman–Crippen MR) is 123 cm³/mol. The molecule has 3 aromatic carbocycles. The zero-order valence-electron chi connectivity index (χ0n) is 17.6. The van der Waals surface area contributed by atoms with E-state index < -0.39 is 15.8 Å². The maximum atomic E-state index is 13.6. The molecule has 1 heterocycles. The molecule has 1 aliphatic rings. The average Bonchev–Trinajstić information content (AvgIpc) is 3.18. The van der Waals surface area contributed by atoms with Crippen LogP contribution < -0.4 is 14.5 Å². The van der Waals surface area contributed by atoms with Crippen molar-refractivity contribution in [3.8, 4) is 0 Å². The molecule has 0 aliphatic carbocycles. The van der Waals surface area contributed by atoms with Crippen molar-refractivity contribution in [3.05, 3.63) is 89.7 Å². The van der Waals surface area contributed by atoms with Gasteiger partial charge < -0.3 is 9.80 Å². The summed E-state index contributed by atoms with van der Waals surface area (Å²) in [6.07, 6.45) is 0.916. The van der Waals surface area contributed by atoms with Crippen LogP contribution in [0, 0.1) is 5.82 Å². The molecule has 0 amide bonds. The topological polar surface area (TPSA) is 52.7 Å². The highest BCUT2D eigenvalue weighted by Gasteiger charge is 2.28. The van der Waals surface area contributed by atoms with Gasteiger partial charge in [-0.1, -0.05) is 36.4 Å². The van der Waals surface area contributed by atoms with Crippen LogP contribution in [0.1, 0.15) is 17.2 Å². The minimum Gasteiger partial charge on any atom is -0.378 e. The lowest BCUT2D eigenvalue weighted by Crippen LogP contribution is -2.37. The molecule has 1 atom stereocenters. The van der Waals surface area contributed by atoms with Crippen LogP contribution in [0.3, 0.4) is 0 Å². The van der Waals surface area contributed by atoms with Gasteiger partial charge in [-0.2, -0.15) is 0 Å². The number of nitrogens with one attached hydrogen (secondary N) is 1. The van der Waals surface area contributed by atoms with Gasteiger partial charge in [-0.05, 0) is 53.9 Å². The normalized spacial score (nSPS) is 14.4. The summed E-state index contributed by atoms with van der Waals surface area (Å²) in [6.45, 7) is 0.982. The van der Waals surface area contributed by atoms with E-state index >= 15 is 0 Å². The molecule has 5 nitrogen and oxygen atoms in total. The first-order chi connectivity index (χ1) is 14.8. The van der Waals surface area contributed by atoms with Gasteiger partial charge in [-0.25, -0.2) is 17.5 Å². The van der Waals surface area contributed by atoms with Crippen molar-refractivity contribution in [1.29, 1.82) is 0 Å². The molecular formula is C24H26FN3O2S. The van der Waals surface area contributed by atoms with Crippen molar-refractivity contribution in [1.82, 2.24) is 4.72 Å². The molecule has 4 rings (SSSR count). The minimum absolute atomic E-state index is 0.0731. The number of benzene rings is 3. The third kappa shape index (κ3) is 4.57. The Hall–Kier alpha value is -2.90. The Morgan fingerprint density at radius 3 is 2.48 bits per heavy atom. The Balaban J connectivity index is 1.64. The van der Waals surface area contributed by atoms with Gasteiger partial charge in [-0.15, -0.1) is 0 Å². The molecule has 0 bridgehead atoms. The Bertz CT molecular complexity index is 1160. The number of fused-ring (bicyclic) bond motifs is 1. The number of hydrogen-bond donors (Lipinski definition) is 1. The number of sulfonamides is 1. The maximum absolute atomic E-state index is 13.6. The van der Waals surface area contributed by atoms with E-state index in [9.17, 15) is 12.8 Å². The van der Waals surface area contributed by atoms with E-state index in [4.69, 9.17) is 0 Å². The van der Waals surface area contributed by atoms with Gasteiger partial charge in [0.15, 0.2) is 0 Å². The average molecular weight is 440 g/mol. The molecule has 0 saturated heterocycles. The van der Waals surface area contributed by atoms with E-state index in [0.29, 0.717) is 0 Å². The van der Waals surface area contributed by atoms with Crippen molar-refractivity contribution in [2.45, 2.75) is 17.4 Å². The molecule has 162 valence electrons. The fourth-order valence-corrected chi connectivity index (χ4v) is 5.07. The van der Waals surface area contributed by atoms with Gasteiger partial charge in [0, 0.05) is 38.6 Å². The zero-order chi connectivity index (χ0) is 22.0. The molecule has 0 aromatic heterocycles. The smallest absolute Gasteiger partial charge is 0.240 e. The number of halogens is 1. The number of hydrogen-bond acceptors (Lipinski definition) is 4. The molecule has 0 fully saturated rings. The summed E-state index contributed by atoms with van der Waals surface area (Å²) >= 11 is 0. The van der Waals surface area contributed by atoms with Gasteiger partial charge >= 0.3 is 0 Å². The van der Waals surface area contributed by atoms with Crippen molar-refractivity contribution >= 4 is 21.4 Å². The predicted octanol–water partition coefficient (Wildman–Crippen LogP) is 3.97. The summed E-state index contributed by atoms with van der Waals surface area (Å²) in [6, 6.07) is 21.2. The number of anilines is 2. The Morgan fingerprint density at radius 2 is 1.77 bits per heavy atom. The van der Waals surface area contributed by atoms with E-state index in [0.717, 1.165) is 36.0 Å². The Kier molecular flexibility index (Phi) is 5.98. The van der Waals surface area contributed by atoms with Crippen molar-refractivity contribution in [2.24, 2.45) is 0 Å². The number of para-hydroxylation sites is 1. The van der Waals surface area contributed by atoms with Crippen LogP contribution in [0.4, 0.5) is 15.8 Å². The fourth-order valence-electron chi connectivity index (χ4n) is 4.00. The molecule has 1 N–H and O–H groups in total. The molecule has 31 heavy (non-hydrogen) atoms.